The molecule has 2 N–H and O–H groups in total. The van der Waals surface area contributed by atoms with Gasteiger partial charge in [-0.1, -0.05) is 0 Å². The summed E-state index contributed by atoms with van der Waals surface area (Å²) in [6.45, 7) is 0.671. The molecular weight excluding hydrogens is 412 g/mol. The van der Waals surface area contributed by atoms with E-state index in [1.165, 1.54) is 0 Å². The van der Waals surface area contributed by atoms with Crippen molar-refractivity contribution in [1.29, 1.82) is 0 Å². The third-order valence-corrected chi connectivity index (χ3v) is 8.26. The van der Waals surface area contributed by atoms with Gasteiger partial charge < -0.3 is 10.6 Å². The summed E-state index contributed by atoms with van der Waals surface area (Å²) in [6, 6.07) is 2.31. The number of piperazine rings is 1. The summed E-state index contributed by atoms with van der Waals surface area (Å²) in [5.74, 6) is -1.33. The lowest BCUT2D eigenvalue weighted by Gasteiger charge is -2.38. The number of hydrogen-bond donors (Lipinski definition) is 1. The summed E-state index contributed by atoms with van der Waals surface area (Å²) in [5.41, 5.74) is 6.25. The van der Waals surface area contributed by atoms with Crippen LogP contribution in [0.2, 0.25) is 0 Å². The van der Waals surface area contributed by atoms with Gasteiger partial charge in [-0.15, -0.1) is 12.4 Å². The minimum atomic E-state index is -4.07. The zero-order chi connectivity index (χ0) is 19.3. The summed E-state index contributed by atoms with van der Waals surface area (Å²) in [4.78, 5) is 14.0. The zero-order valence-electron chi connectivity index (χ0n) is 15.3. The van der Waals surface area contributed by atoms with Gasteiger partial charge in [0.15, 0.2) is 0 Å². The van der Waals surface area contributed by atoms with E-state index in [9.17, 15) is 22.0 Å². The lowest BCUT2D eigenvalue weighted by molar-refractivity contribution is -0.139. The number of amides is 1. The van der Waals surface area contributed by atoms with Gasteiger partial charge in [0, 0.05) is 38.3 Å². The van der Waals surface area contributed by atoms with Gasteiger partial charge in [0.2, 0.25) is 15.9 Å². The van der Waals surface area contributed by atoms with Crippen molar-refractivity contribution >= 4 is 28.3 Å². The smallest absolute Gasteiger partial charge is 0.246 e. The largest absolute Gasteiger partial charge is 0.340 e. The molecule has 2 saturated carbocycles. The summed E-state index contributed by atoms with van der Waals surface area (Å²) >= 11 is 0. The number of halogens is 3. The predicted molar refractivity (Wildman–Crippen MR) is 101 cm³/mol. The molecule has 1 aromatic rings. The molecule has 10 heteroatoms. The Morgan fingerprint density at radius 3 is 2.29 bits per heavy atom. The van der Waals surface area contributed by atoms with Crippen LogP contribution in [0.25, 0.3) is 0 Å². The molecule has 1 heterocycles. The monoisotopic (exact) mass is 435 g/mol. The van der Waals surface area contributed by atoms with E-state index in [1.54, 1.807) is 4.90 Å². The molecule has 4 unspecified atom stereocenters. The van der Waals surface area contributed by atoms with Crippen molar-refractivity contribution in [3.8, 4) is 0 Å². The SMILES string of the molecule is Cl.NC1C2CCC(C2)C1C(=O)N1CCN(S(=O)(=O)c2ccc(F)cc2F)CC1. The van der Waals surface area contributed by atoms with E-state index in [0.29, 0.717) is 17.9 Å². The third-order valence-electron chi connectivity index (χ3n) is 6.33. The van der Waals surface area contributed by atoms with Crippen molar-refractivity contribution < 1.29 is 22.0 Å². The van der Waals surface area contributed by atoms with Crippen molar-refractivity contribution in [3.05, 3.63) is 29.8 Å². The number of rotatable bonds is 3. The number of carbonyl (C=O) groups is 1. The van der Waals surface area contributed by atoms with Crippen LogP contribution in [0.4, 0.5) is 8.78 Å². The first kappa shape index (κ1) is 21.4. The van der Waals surface area contributed by atoms with Crippen LogP contribution >= 0.6 is 12.4 Å². The van der Waals surface area contributed by atoms with Crippen LogP contribution in [-0.2, 0) is 14.8 Å². The van der Waals surface area contributed by atoms with Gasteiger partial charge >= 0.3 is 0 Å². The second-order valence-electron chi connectivity index (χ2n) is 7.74. The molecule has 1 saturated heterocycles. The average Bonchev–Trinajstić information content (AvgIpc) is 3.22. The molecule has 0 radical (unpaired) electrons. The first-order valence-corrected chi connectivity index (χ1v) is 10.7. The lowest BCUT2D eigenvalue weighted by Crippen LogP contribution is -2.54. The normalized spacial score (nSPS) is 30.3. The van der Waals surface area contributed by atoms with Gasteiger partial charge in [0.1, 0.15) is 16.5 Å². The Morgan fingerprint density at radius 2 is 1.71 bits per heavy atom. The summed E-state index contributed by atoms with van der Waals surface area (Å²) in [5, 5.41) is 0. The first-order chi connectivity index (χ1) is 12.8. The van der Waals surface area contributed by atoms with E-state index in [0.717, 1.165) is 35.7 Å². The number of nitrogens with two attached hydrogens (primary N) is 1. The molecule has 1 aromatic carbocycles. The molecule has 156 valence electrons. The second-order valence-corrected chi connectivity index (χ2v) is 9.65. The van der Waals surface area contributed by atoms with Crippen LogP contribution in [0.5, 0.6) is 0 Å². The number of nitrogens with zero attached hydrogens (tertiary/aromatic N) is 2. The number of sulfonamides is 1. The molecule has 0 spiro atoms. The third kappa shape index (κ3) is 3.53. The quantitative estimate of drug-likeness (QED) is 0.781. The highest BCUT2D eigenvalue weighted by Gasteiger charge is 2.50. The van der Waals surface area contributed by atoms with Crippen molar-refractivity contribution in [2.45, 2.75) is 30.2 Å². The Bertz CT molecular complexity index is 860. The Labute approximate surface area is 169 Å². The predicted octanol–water partition coefficient (Wildman–Crippen LogP) is 1.59. The highest BCUT2D eigenvalue weighted by Crippen LogP contribution is 2.48. The number of benzene rings is 1. The molecule has 2 aliphatic carbocycles. The maximum Gasteiger partial charge on any atom is 0.246 e. The van der Waals surface area contributed by atoms with E-state index in [4.69, 9.17) is 5.73 Å². The Kier molecular flexibility index (Phi) is 6.01. The molecule has 1 amide bonds. The van der Waals surface area contributed by atoms with Gasteiger partial charge in [-0.3, -0.25) is 4.79 Å². The van der Waals surface area contributed by atoms with Crippen LogP contribution in [0.1, 0.15) is 19.3 Å². The summed E-state index contributed by atoms with van der Waals surface area (Å²) in [7, 11) is -4.07. The molecule has 0 aromatic heterocycles. The van der Waals surface area contributed by atoms with Crippen LogP contribution in [-0.4, -0.2) is 55.8 Å². The second kappa shape index (κ2) is 7.85. The van der Waals surface area contributed by atoms with Crippen LogP contribution in [0.15, 0.2) is 23.1 Å². The fourth-order valence-electron chi connectivity index (χ4n) is 4.89. The topological polar surface area (TPSA) is 83.7 Å². The van der Waals surface area contributed by atoms with E-state index >= 15 is 0 Å². The van der Waals surface area contributed by atoms with Gasteiger partial charge in [0.25, 0.3) is 0 Å². The molecule has 3 aliphatic rings. The van der Waals surface area contributed by atoms with E-state index < -0.39 is 26.6 Å². The van der Waals surface area contributed by atoms with Crippen LogP contribution in [0, 0.1) is 29.4 Å². The van der Waals surface area contributed by atoms with E-state index in [1.807, 2.05) is 0 Å². The van der Waals surface area contributed by atoms with Crippen molar-refractivity contribution in [3.63, 3.8) is 0 Å². The number of carbonyl (C=O) groups excluding carboxylic acids is 1. The molecule has 28 heavy (non-hydrogen) atoms. The fourth-order valence-corrected chi connectivity index (χ4v) is 6.35. The highest BCUT2D eigenvalue weighted by atomic mass is 35.5. The molecule has 2 bridgehead atoms. The number of fused-ring (bicyclic) bond motifs is 2. The van der Waals surface area contributed by atoms with Gasteiger partial charge in [0.05, 0.1) is 5.92 Å². The Morgan fingerprint density at radius 1 is 1.07 bits per heavy atom. The van der Waals surface area contributed by atoms with Gasteiger partial charge in [-0.2, -0.15) is 4.31 Å². The highest BCUT2D eigenvalue weighted by molar-refractivity contribution is 7.89. The lowest BCUT2D eigenvalue weighted by atomic mass is 9.84. The zero-order valence-corrected chi connectivity index (χ0v) is 16.9. The minimum absolute atomic E-state index is 0. The molecule has 3 fully saturated rings. The van der Waals surface area contributed by atoms with E-state index in [2.05, 4.69) is 0 Å². The summed E-state index contributed by atoms with van der Waals surface area (Å²) in [6.07, 6.45) is 3.13. The molecular formula is C18H24ClF2N3O3S. The average molecular weight is 436 g/mol. The Hall–Kier alpha value is -1.29. The molecule has 6 nitrogen and oxygen atoms in total. The van der Waals surface area contributed by atoms with Crippen molar-refractivity contribution in [2.24, 2.45) is 23.5 Å². The Balaban J connectivity index is 0.00000225. The fraction of sp³-hybridized carbons (Fsp3) is 0.611. The summed E-state index contributed by atoms with van der Waals surface area (Å²) < 4.78 is 53.4. The maximum absolute atomic E-state index is 13.9. The molecule has 4 rings (SSSR count). The minimum Gasteiger partial charge on any atom is -0.340 e. The van der Waals surface area contributed by atoms with Gasteiger partial charge in [-0.25, -0.2) is 17.2 Å². The van der Waals surface area contributed by atoms with Crippen molar-refractivity contribution in [2.75, 3.05) is 26.2 Å². The van der Waals surface area contributed by atoms with Crippen LogP contribution in [0.3, 0.4) is 0 Å². The number of hydrogen-bond acceptors (Lipinski definition) is 4. The van der Waals surface area contributed by atoms with Crippen molar-refractivity contribution in [1.82, 2.24) is 9.21 Å². The van der Waals surface area contributed by atoms with E-state index in [-0.39, 0.29) is 56.5 Å². The standard InChI is InChI=1S/C18H23F2N3O3S.ClH/c19-13-3-4-15(14(20)10-13)27(25,26)23-7-5-22(6-8-23)18(24)16-11-1-2-12(9-11)17(16)21;/h3-4,10-12,16-17H,1-2,5-9,21H2;1H. The first-order valence-electron chi connectivity index (χ1n) is 9.28. The maximum atomic E-state index is 13.9. The van der Waals surface area contributed by atoms with Gasteiger partial charge in [-0.05, 0) is 43.2 Å². The molecule has 1 aliphatic heterocycles. The molecule has 4 atom stereocenters. The van der Waals surface area contributed by atoms with Crippen LogP contribution < -0.4 is 5.73 Å².